The highest BCUT2D eigenvalue weighted by atomic mass is 35.5. The molecule has 3 heterocycles. The molecule has 9 heteroatoms. The lowest BCUT2D eigenvalue weighted by molar-refractivity contribution is -0.137. The normalized spacial score (nSPS) is 12.2. The summed E-state index contributed by atoms with van der Waals surface area (Å²) in [4.78, 5) is 16.3. The summed E-state index contributed by atoms with van der Waals surface area (Å²) in [5.74, 6) is 0.821. The molecule has 0 spiro atoms. The van der Waals surface area contributed by atoms with Gasteiger partial charge in [0, 0.05) is 29.8 Å². The topological polar surface area (TPSA) is 56.2 Å². The van der Waals surface area contributed by atoms with Gasteiger partial charge in [-0.1, -0.05) is 17.7 Å². The van der Waals surface area contributed by atoms with Gasteiger partial charge < -0.3 is 8.83 Å². The Morgan fingerprint density at radius 3 is 2.50 bits per heavy atom. The van der Waals surface area contributed by atoms with E-state index in [1.54, 1.807) is 6.07 Å². The zero-order chi connectivity index (χ0) is 21.6. The minimum absolute atomic E-state index is 0.0742. The van der Waals surface area contributed by atoms with Crippen LogP contribution in [0.2, 0.25) is 5.02 Å². The molecule has 0 aliphatic carbocycles. The van der Waals surface area contributed by atoms with E-state index >= 15 is 0 Å². The van der Waals surface area contributed by atoms with Gasteiger partial charge >= 0.3 is 11.8 Å². The number of hydrogen-bond donors (Lipinski definition) is 0. The van der Waals surface area contributed by atoms with E-state index in [2.05, 4.69) is 4.98 Å². The van der Waals surface area contributed by atoms with E-state index in [-0.39, 0.29) is 10.0 Å². The SMILES string of the molecule is Cc1cc(C)c2c(c1)oc1cc(CCSc3ncc(C(F)(F)F)cc3Cl)oc(=O)c12. The first-order valence-electron chi connectivity index (χ1n) is 8.95. The molecule has 4 aromatic rings. The lowest BCUT2D eigenvalue weighted by Crippen LogP contribution is -2.06. The van der Waals surface area contributed by atoms with E-state index in [0.29, 0.717) is 34.5 Å². The zero-order valence-corrected chi connectivity index (χ0v) is 17.5. The molecule has 0 radical (unpaired) electrons. The van der Waals surface area contributed by atoms with Crippen molar-refractivity contribution < 1.29 is 22.0 Å². The summed E-state index contributed by atoms with van der Waals surface area (Å²) >= 11 is 7.10. The number of furan rings is 1. The molecular weight excluding hydrogens is 439 g/mol. The molecular formula is C21H15ClF3NO3S. The summed E-state index contributed by atoms with van der Waals surface area (Å²) in [6, 6.07) is 6.37. The van der Waals surface area contributed by atoms with Crippen molar-refractivity contribution in [3.05, 3.63) is 68.4 Å². The molecule has 0 unspecified atom stereocenters. The fraction of sp³-hybridized carbons (Fsp3) is 0.238. The van der Waals surface area contributed by atoms with Crippen molar-refractivity contribution in [1.82, 2.24) is 4.98 Å². The number of thioether (sulfide) groups is 1. The number of fused-ring (bicyclic) bond motifs is 3. The number of hydrogen-bond acceptors (Lipinski definition) is 5. The lowest BCUT2D eigenvalue weighted by Gasteiger charge is -2.08. The largest absolute Gasteiger partial charge is 0.456 e. The first-order valence-corrected chi connectivity index (χ1v) is 10.3. The quantitative estimate of drug-likeness (QED) is 0.327. The Bertz CT molecular complexity index is 1330. The highest BCUT2D eigenvalue weighted by molar-refractivity contribution is 7.99. The van der Waals surface area contributed by atoms with Crippen LogP contribution < -0.4 is 5.63 Å². The Morgan fingerprint density at radius 2 is 1.80 bits per heavy atom. The second kappa shape index (κ2) is 7.67. The fourth-order valence-corrected chi connectivity index (χ4v) is 4.48. The third-order valence-electron chi connectivity index (χ3n) is 4.60. The Labute approximate surface area is 178 Å². The van der Waals surface area contributed by atoms with Crippen molar-refractivity contribution in [2.45, 2.75) is 31.5 Å². The van der Waals surface area contributed by atoms with Crippen LogP contribution in [0.4, 0.5) is 13.2 Å². The average molecular weight is 454 g/mol. The van der Waals surface area contributed by atoms with Gasteiger partial charge in [-0.3, -0.25) is 0 Å². The standard InChI is InChI=1S/C21H15ClF3NO3S/c1-10-5-11(2)17-15(6-10)29-16-8-13(28-20(27)18(16)17)3-4-30-19-14(22)7-12(9-26-19)21(23,24)25/h5-9H,3-4H2,1-2H3. The maximum Gasteiger partial charge on any atom is 0.417 e. The van der Waals surface area contributed by atoms with Gasteiger partial charge in [-0.25, -0.2) is 9.78 Å². The molecule has 156 valence electrons. The summed E-state index contributed by atoms with van der Waals surface area (Å²) in [7, 11) is 0. The Hall–Kier alpha value is -2.45. The van der Waals surface area contributed by atoms with Gasteiger partial charge in [0.1, 0.15) is 27.3 Å². The molecule has 0 fully saturated rings. The molecule has 0 saturated carbocycles. The first-order chi connectivity index (χ1) is 14.1. The van der Waals surface area contributed by atoms with Crippen LogP contribution in [0.3, 0.4) is 0 Å². The smallest absolute Gasteiger partial charge is 0.417 e. The second-order valence-corrected chi connectivity index (χ2v) is 8.39. The Kier molecular flexibility index (Phi) is 5.32. The number of aromatic nitrogens is 1. The third-order valence-corrected chi connectivity index (χ3v) is 6.01. The predicted molar refractivity (Wildman–Crippen MR) is 110 cm³/mol. The van der Waals surface area contributed by atoms with Gasteiger partial charge in [-0.05, 0) is 37.1 Å². The molecule has 4 nitrogen and oxygen atoms in total. The predicted octanol–water partition coefficient (Wildman–Crippen LogP) is 6.56. The maximum atomic E-state index is 12.7. The molecule has 0 saturated heterocycles. The molecule has 4 rings (SSSR count). The van der Waals surface area contributed by atoms with Gasteiger partial charge in [0.25, 0.3) is 0 Å². The van der Waals surface area contributed by atoms with E-state index in [1.807, 2.05) is 26.0 Å². The highest BCUT2D eigenvalue weighted by Crippen LogP contribution is 2.34. The van der Waals surface area contributed by atoms with Crippen LogP contribution in [-0.2, 0) is 12.6 Å². The van der Waals surface area contributed by atoms with Gasteiger partial charge in [-0.15, -0.1) is 11.8 Å². The van der Waals surface area contributed by atoms with Crippen molar-refractivity contribution in [2.24, 2.45) is 0 Å². The lowest BCUT2D eigenvalue weighted by atomic mass is 10.1. The minimum atomic E-state index is -4.50. The highest BCUT2D eigenvalue weighted by Gasteiger charge is 2.31. The molecule has 3 aromatic heterocycles. The summed E-state index contributed by atoms with van der Waals surface area (Å²) in [6.45, 7) is 3.86. The van der Waals surface area contributed by atoms with E-state index < -0.39 is 17.4 Å². The first kappa shape index (κ1) is 20.8. The number of pyridine rings is 1. The summed E-state index contributed by atoms with van der Waals surface area (Å²) in [5.41, 5.74) is 1.65. The van der Waals surface area contributed by atoms with Crippen molar-refractivity contribution in [1.29, 1.82) is 0 Å². The van der Waals surface area contributed by atoms with Crippen LogP contribution in [0, 0.1) is 13.8 Å². The van der Waals surface area contributed by atoms with Crippen LogP contribution in [0.15, 0.2) is 49.1 Å². The molecule has 0 N–H and O–H groups in total. The number of aryl methyl sites for hydroxylation is 3. The van der Waals surface area contributed by atoms with Crippen LogP contribution in [0.1, 0.15) is 22.5 Å². The van der Waals surface area contributed by atoms with E-state index in [0.717, 1.165) is 28.8 Å². The van der Waals surface area contributed by atoms with Crippen LogP contribution in [-0.4, -0.2) is 10.7 Å². The van der Waals surface area contributed by atoms with E-state index in [9.17, 15) is 18.0 Å². The van der Waals surface area contributed by atoms with Crippen LogP contribution in [0.25, 0.3) is 21.9 Å². The second-order valence-electron chi connectivity index (χ2n) is 6.90. The molecule has 1 aromatic carbocycles. The van der Waals surface area contributed by atoms with Crippen LogP contribution >= 0.6 is 23.4 Å². The number of halogens is 4. The minimum Gasteiger partial charge on any atom is -0.456 e. The van der Waals surface area contributed by atoms with Crippen molar-refractivity contribution >= 4 is 45.3 Å². The summed E-state index contributed by atoms with van der Waals surface area (Å²) in [5, 5.41) is 1.36. The fourth-order valence-electron chi connectivity index (χ4n) is 3.33. The van der Waals surface area contributed by atoms with Crippen molar-refractivity contribution in [3.63, 3.8) is 0 Å². The van der Waals surface area contributed by atoms with Crippen molar-refractivity contribution in [3.8, 4) is 0 Å². The Morgan fingerprint density at radius 1 is 1.07 bits per heavy atom. The average Bonchev–Trinajstić information content (AvgIpc) is 3.01. The number of benzene rings is 1. The maximum absolute atomic E-state index is 12.7. The molecule has 0 aliphatic rings. The van der Waals surface area contributed by atoms with Gasteiger partial charge in [0.2, 0.25) is 0 Å². The molecule has 0 bridgehead atoms. The number of rotatable bonds is 4. The van der Waals surface area contributed by atoms with Crippen molar-refractivity contribution in [2.75, 3.05) is 5.75 Å². The number of alkyl halides is 3. The van der Waals surface area contributed by atoms with Gasteiger partial charge in [0.05, 0.1) is 10.6 Å². The molecule has 0 atom stereocenters. The van der Waals surface area contributed by atoms with E-state index in [1.165, 1.54) is 11.8 Å². The molecule has 0 aliphatic heterocycles. The van der Waals surface area contributed by atoms with Gasteiger partial charge in [-0.2, -0.15) is 13.2 Å². The summed E-state index contributed by atoms with van der Waals surface area (Å²) < 4.78 is 49.4. The molecule has 30 heavy (non-hydrogen) atoms. The zero-order valence-electron chi connectivity index (χ0n) is 15.9. The number of nitrogens with zero attached hydrogens (tertiary/aromatic N) is 1. The summed E-state index contributed by atoms with van der Waals surface area (Å²) in [6.07, 6.45) is -3.40. The Balaban J connectivity index is 1.56. The monoisotopic (exact) mass is 453 g/mol. The third kappa shape index (κ3) is 3.94. The van der Waals surface area contributed by atoms with Crippen LogP contribution in [0.5, 0.6) is 0 Å². The van der Waals surface area contributed by atoms with E-state index in [4.69, 9.17) is 20.4 Å². The molecule has 0 amide bonds. The van der Waals surface area contributed by atoms with Gasteiger partial charge in [0.15, 0.2) is 0 Å².